The van der Waals surface area contributed by atoms with Crippen LogP contribution in [0.2, 0.25) is 0 Å². The SMILES string of the molecule is CCNCc1cc(N(C)C2CCC2)nc(C(C)(C)C)c1. The van der Waals surface area contributed by atoms with Gasteiger partial charge in [0.15, 0.2) is 0 Å². The normalized spacial score (nSPS) is 16.1. The van der Waals surface area contributed by atoms with E-state index < -0.39 is 0 Å². The zero-order valence-corrected chi connectivity index (χ0v) is 13.7. The molecule has 0 aliphatic heterocycles. The van der Waals surface area contributed by atoms with Crippen molar-refractivity contribution in [2.45, 2.75) is 65.0 Å². The van der Waals surface area contributed by atoms with Crippen LogP contribution in [0.4, 0.5) is 5.82 Å². The van der Waals surface area contributed by atoms with Crippen LogP contribution in [0.15, 0.2) is 12.1 Å². The van der Waals surface area contributed by atoms with Gasteiger partial charge in [0.1, 0.15) is 5.82 Å². The van der Waals surface area contributed by atoms with Crippen LogP contribution in [0, 0.1) is 0 Å². The molecule has 0 bridgehead atoms. The fourth-order valence-electron chi connectivity index (χ4n) is 2.47. The highest BCUT2D eigenvalue weighted by atomic mass is 15.2. The Morgan fingerprint density at radius 3 is 2.50 bits per heavy atom. The molecule has 1 aromatic rings. The molecule has 0 aromatic carbocycles. The molecule has 0 amide bonds. The van der Waals surface area contributed by atoms with Crippen LogP contribution in [0.3, 0.4) is 0 Å². The molecule has 0 radical (unpaired) electrons. The third kappa shape index (κ3) is 3.51. The van der Waals surface area contributed by atoms with E-state index in [2.05, 4.69) is 57.1 Å². The van der Waals surface area contributed by atoms with Gasteiger partial charge < -0.3 is 10.2 Å². The second-order valence-electron chi connectivity index (χ2n) is 6.94. The van der Waals surface area contributed by atoms with E-state index in [-0.39, 0.29) is 5.41 Å². The van der Waals surface area contributed by atoms with Gasteiger partial charge in [-0.05, 0) is 43.5 Å². The average Bonchev–Trinajstić information content (AvgIpc) is 2.32. The fourth-order valence-corrected chi connectivity index (χ4v) is 2.47. The second-order valence-corrected chi connectivity index (χ2v) is 6.94. The number of anilines is 1. The standard InChI is InChI=1S/C17H29N3/c1-6-18-12-13-10-15(17(2,3)4)19-16(11-13)20(5)14-8-7-9-14/h10-11,14,18H,6-9,12H2,1-5H3. The molecule has 1 fully saturated rings. The Morgan fingerprint density at radius 1 is 1.30 bits per heavy atom. The van der Waals surface area contributed by atoms with Gasteiger partial charge in [-0.1, -0.05) is 27.7 Å². The van der Waals surface area contributed by atoms with Crippen LogP contribution in [0.25, 0.3) is 0 Å². The Labute approximate surface area is 123 Å². The van der Waals surface area contributed by atoms with E-state index in [0.29, 0.717) is 6.04 Å². The second kappa shape index (κ2) is 6.13. The molecule has 3 nitrogen and oxygen atoms in total. The maximum atomic E-state index is 4.91. The van der Waals surface area contributed by atoms with Crippen molar-refractivity contribution in [1.82, 2.24) is 10.3 Å². The van der Waals surface area contributed by atoms with Crippen LogP contribution in [0.1, 0.15) is 58.2 Å². The minimum atomic E-state index is 0.0947. The molecule has 20 heavy (non-hydrogen) atoms. The lowest BCUT2D eigenvalue weighted by molar-refractivity contribution is 0.398. The Bertz CT molecular complexity index is 444. The summed E-state index contributed by atoms with van der Waals surface area (Å²) in [6.07, 6.45) is 3.97. The van der Waals surface area contributed by atoms with E-state index in [1.165, 1.54) is 30.5 Å². The summed E-state index contributed by atoms with van der Waals surface area (Å²) < 4.78 is 0. The van der Waals surface area contributed by atoms with Crippen molar-refractivity contribution in [2.75, 3.05) is 18.5 Å². The first-order chi connectivity index (χ1) is 9.41. The highest BCUT2D eigenvalue weighted by Gasteiger charge is 2.25. The van der Waals surface area contributed by atoms with Crippen LogP contribution in [0.5, 0.6) is 0 Å². The van der Waals surface area contributed by atoms with Crippen LogP contribution < -0.4 is 10.2 Å². The number of hydrogen-bond acceptors (Lipinski definition) is 3. The molecule has 1 aromatic heterocycles. The van der Waals surface area contributed by atoms with Crippen molar-refractivity contribution in [3.05, 3.63) is 23.4 Å². The van der Waals surface area contributed by atoms with E-state index in [1.807, 2.05) is 0 Å². The zero-order valence-electron chi connectivity index (χ0n) is 13.7. The summed E-state index contributed by atoms with van der Waals surface area (Å²) in [7, 11) is 2.19. The molecule has 0 atom stereocenters. The van der Waals surface area contributed by atoms with Gasteiger partial charge in [0.2, 0.25) is 0 Å². The molecule has 112 valence electrons. The van der Waals surface area contributed by atoms with Gasteiger partial charge in [-0.25, -0.2) is 4.98 Å². The molecule has 1 N–H and O–H groups in total. The minimum Gasteiger partial charge on any atom is -0.357 e. The number of pyridine rings is 1. The molecule has 0 saturated heterocycles. The van der Waals surface area contributed by atoms with Crippen molar-refractivity contribution in [1.29, 1.82) is 0 Å². The van der Waals surface area contributed by atoms with Crippen molar-refractivity contribution in [3.63, 3.8) is 0 Å². The molecule has 1 heterocycles. The van der Waals surface area contributed by atoms with Crippen molar-refractivity contribution in [2.24, 2.45) is 0 Å². The van der Waals surface area contributed by atoms with E-state index in [0.717, 1.165) is 18.9 Å². The summed E-state index contributed by atoms with van der Waals surface area (Å²) in [6.45, 7) is 10.8. The van der Waals surface area contributed by atoms with Gasteiger partial charge in [-0.2, -0.15) is 0 Å². The third-order valence-electron chi connectivity index (χ3n) is 4.20. The van der Waals surface area contributed by atoms with Crippen LogP contribution in [-0.2, 0) is 12.0 Å². The predicted molar refractivity (Wildman–Crippen MR) is 86.4 cm³/mol. The molecular weight excluding hydrogens is 246 g/mol. The summed E-state index contributed by atoms with van der Waals surface area (Å²) in [5.41, 5.74) is 2.62. The van der Waals surface area contributed by atoms with Gasteiger partial charge in [-0.3, -0.25) is 0 Å². The number of nitrogens with zero attached hydrogens (tertiary/aromatic N) is 2. The van der Waals surface area contributed by atoms with Gasteiger partial charge in [0, 0.05) is 30.7 Å². The monoisotopic (exact) mass is 275 g/mol. The van der Waals surface area contributed by atoms with Crippen molar-refractivity contribution < 1.29 is 0 Å². The summed E-state index contributed by atoms with van der Waals surface area (Å²) in [6, 6.07) is 5.18. The quantitative estimate of drug-likeness (QED) is 0.891. The lowest BCUT2D eigenvalue weighted by Gasteiger charge is -2.36. The van der Waals surface area contributed by atoms with E-state index in [9.17, 15) is 0 Å². The lowest BCUT2D eigenvalue weighted by atomic mass is 9.90. The topological polar surface area (TPSA) is 28.2 Å². The van der Waals surface area contributed by atoms with Crippen LogP contribution >= 0.6 is 0 Å². The minimum absolute atomic E-state index is 0.0947. The number of hydrogen-bond donors (Lipinski definition) is 1. The van der Waals surface area contributed by atoms with Gasteiger partial charge in [0.25, 0.3) is 0 Å². The number of rotatable bonds is 5. The molecule has 0 spiro atoms. The molecular formula is C17H29N3. The van der Waals surface area contributed by atoms with E-state index in [4.69, 9.17) is 4.98 Å². The van der Waals surface area contributed by atoms with Crippen molar-refractivity contribution in [3.8, 4) is 0 Å². The molecule has 1 saturated carbocycles. The Balaban J connectivity index is 2.29. The van der Waals surface area contributed by atoms with Crippen molar-refractivity contribution >= 4 is 5.82 Å². The Hall–Kier alpha value is -1.09. The summed E-state index contributed by atoms with van der Waals surface area (Å²) in [5, 5.41) is 3.42. The first-order valence-corrected chi connectivity index (χ1v) is 7.87. The number of nitrogens with one attached hydrogen (secondary N) is 1. The van der Waals surface area contributed by atoms with Gasteiger partial charge in [0.05, 0.1) is 0 Å². The molecule has 0 unspecified atom stereocenters. The molecule has 3 heteroatoms. The molecule has 2 rings (SSSR count). The van der Waals surface area contributed by atoms with Gasteiger partial charge >= 0.3 is 0 Å². The number of aromatic nitrogens is 1. The lowest BCUT2D eigenvalue weighted by Crippen LogP contribution is -2.38. The molecule has 1 aliphatic rings. The van der Waals surface area contributed by atoms with Crippen LogP contribution in [-0.4, -0.2) is 24.6 Å². The van der Waals surface area contributed by atoms with E-state index >= 15 is 0 Å². The highest BCUT2D eigenvalue weighted by molar-refractivity contribution is 5.44. The Kier molecular flexibility index (Phi) is 4.69. The van der Waals surface area contributed by atoms with E-state index in [1.54, 1.807) is 0 Å². The maximum absolute atomic E-state index is 4.91. The van der Waals surface area contributed by atoms with Gasteiger partial charge in [-0.15, -0.1) is 0 Å². The largest absolute Gasteiger partial charge is 0.357 e. The Morgan fingerprint density at radius 2 is 2.00 bits per heavy atom. The fraction of sp³-hybridized carbons (Fsp3) is 0.706. The first kappa shape index (κ1) is 15.3. The first-order valence-electron chi connectivity index (χ1n) is 7.87. The third-order valence-corrected chi connectivity index (χ3v) is 4.20. The average molecular weight is 275 g/mol. The summed E-state index contributed by atoms with van der Waals surface area (Å²) in [4.78, 5) is 7.28. The maximum Gasteiger partial charge on any atom is 0.129 e. The molecule has 1 aliphatic carbocycles. The predicted octanol–water partition coefficient (Wildman–Crippen LogP) is 3.48. The zero-order chi connectivity index (χ0) is 14.8. The summed E-state index contributed by atoms with van der Waals surface area (Å²) >= 11 is 0. The summed E-state index contributed by atoms with van der Waals surface area (Å²) in [5.74, 6) is 1.13. The highest BCUT2D eigenvalue weighted by Crippen LogP contribution is 2.30. The smallest absolute Gasteiger partial charge is 0.129 e.